The number of primary amides is 1. The van der Waals surface area contributed by atoms with Gasteiger partial charge in [0.15, 0.2) is 0 Å². The van der Waals surface area contributed by atoms with Crippen LogP contribution in [0.2, 0.25) is 0 Å². The normalized spacial score (nSPS) is 11.3. The van der Waals surface area contributed by atoms with E-state index < -0.39 is 21.7 Å². The predicted octanol–water partition coefficient (Wildman–Crippen LogP) is 3.33. The summed E-state index contributed by atoms with van der Waals surface area (Å²) in [6, 6.07) is 11.9. The molecule has 0 spiro atoms. The Morgan fingerprint density at radius 1 is 1.10 bits per heavy atom. The van der Waals surface area contributed by atoms with E-state index in [-0.39, 0.29) is 17.0 Å². The molecule has 3 aromatic rings. The first-order valence-electron chi connectivity index (χ1n) is 8.78. The topological polar surface area (TPSA) is 93.4 Å². The molecular formula is C21H20FN3O3S. The molecule has 0 unspecified atom stereocenters. The third kappa shape index (κ3) is 4.27. The number of benzene rings is 2. The van der Waals surface area contributed by atoms with Crippen molar-refractivity contribution in [2.45, 2.75) is 25.3 Å². The molecule has 29 heavy (non-hydrogen) atoms. The van der Waals surface area contributed by atoms with Crippen LogP contribution in [0.3, 0.4) is 0 Å². The van der Waals surface area contributed by atoms with Gasteiger partial charge in [-0.25, -0.2) is 12.8 Å². The number of hydrogen-bond acceptors (Lipinski definition) is 4. The molecule has 0 radical (unpaired) electrons. The maximum atomic E-state index is 14.0. The van der Waals surface area contributed by atoms with Crippen LogP contribution in [0, 0.1) is 19.7 Å². The molecule has 0 aliphatic rings. The average Bonchev–Trinajstić information content (AvgIpc) is 2.68. The van der Waals surface area contributed by atoms with Gasteiger partial charge in [0.1, 0.15) is 10.7 Å². The summed E-state index contributed by atoms with van der Waals surface area (Å²) in [5.74, 6) is -1.28. The fourth-order valence-electron chi connectivity index (χ4n) is 2.90. The summed E-state index contributed by atoms with van der Waals surface area (Å²) in [4.78, 5) is 15.6. The zero-order chi connectivity index (χ0) is 21.2. The molecule has 0 bridgehead atoms. The number of anilines is 1. The number of halogens is 1. The van der Waals surface area contributed by atoms with E-state index in [0.29, 0.717) is 16.8 Å². The molecule has 6 nitrogen and oxygen atoms in total. The highest BCUT2D eigenvalue weighted by molar-refractivity contribution is 7.92. The van der Waals surface area contributed by atoms with Crippen LogP contribution >= 0.6 is 0 Å². The molecule has 0 atom stereocenters. The molecule has 1 aromatic heterocycles. The van der Waals surface area contributed by atoms with Gasteiger partial charge in [0.2, 0.25) is 5.91 Å². The summed E-state index contributed by atoms with van der Waals surface area (Å²) < 4.78 is 42.2. The van der Waals surface area contributed by atoms with E-state index in [1.54, 1.807) is 38.2 Å². The fourth-order valence-corrected chi connectivity index (χ4v) is 4.54. The number of aryl methyl sites for hydroxylation is 2. The van der Waals surface area contributed by atoms with Crippen molar-refractivity contribution in [1.82, 2.24) is 4.98 Å². The number of carbonyl (C=O) groups excluding carboxylic acids is 1. The van der Waals surface area contributed by atoms with Crippen LogP contribution in [0.4, 0.5) is 10.1 Å². The summed E-state index contributed by atoms with van der Waals surface area (Å²) in [5.41, 5.74) is 7.22. The molecular weight excluding hydrogens is 393 g/mol. The molecule has 0 fully saturated rings. The lowest BCUT2D eigenvalue weighted by Gasteiger charge is -2.25. The Bertz CT molecular complexity index is 1180. The molecule has 2 N–H and O–H groups in total. The summed E-state index contributed by atoms with van der Waals surface area (Å²) in [7, 11) is -4.20. The molecule has 1 heterocycles. The molecule has 0 saturated carbocycles. The first-order chi connectivity index (χ1) is 13.7. The Hall–Kier alpha value is -3.26. The predicted molar refractivity (Wildman–Crippen MR) is 108 cm³/mol. The number of sulfonamides is 1. The molecule has 150 valence electrons. The molecule has 1 amide bonds. The van der Waals surface area contributed by atoms with Crippen LogP contribution < -0.4 is 10.0 Å². The lowest BCUT2D eigenvalue weighted by atomic mass is 10.1. The van der Waals surface area contributed by atoms with Gasteiger partial charge in [-0.05, 0) is 54.8 Å². The largest absolute Gasteiger partial charge is 0.366 e. The Morgan fingerprint density at radius 2 is 1.83 bits per heavy atom. The van der Waals surface area contributed by atoms with Crippen LogP contribution in [0.5, 0.6) is 0 Å². The van der Waals surface area contributed by atoms with Crippen LogP contribution in [-0.4, -0.2) is 19.3 Å². The van der Waals surface area contributed by atoms with Crippen molar-refractivity contribution >= 4 is 21.6 Å². The van der Waals surface area contributed by atoms with Crippen molar-refractivity contribution in [3.8, 4) is 0 Å². The average molecular weight is 413 g/mol. The van der Waals surface area contributed by atoms with Crippen LogP contribution in [-0.2, 0) is 16.6 Å². The van der Waals surface area contributed by atoms with Gasteiger partial charge in [-0.1, -0.05) is 24.3 Å². The summed E-state index contributed by atoms with van der Waals surface area (Å²) in [5, 5.41) is 0. The van der Waals surface area contributed by atoms with Crippen molar-refractivity contribution in [1.29, 1.82) is 0 Å². The van der Waals surface area contributed by atoms with Gasteiger partial charge in [0.25, 0.3) is 10.0 Å². The molecule has 0 saturated heterocycles. The minimum absolute atomic E-state index is 0.117. The lowest BCUT2D eigenvalue weighted by Crippen LogP contribution is -2.32. The Morgan fingerprint density at radius 3 is 2.48 bits per heavy atom. The van der Waals surface area contributed by atoms with Crippen molar-refractivity contribution in [3.05, 3.63) is 89.0 Å². The van der Waals surface area contributed by atoms with E-state index in [1.807, 2.05) is 0 Å². The van der Waals surface area contributed by atoms with Crippen LogP contribution in [0.15, 0.2) is 65.8 Å². The van der Waals surface area contributed by atoms with Gasteiger partial charge < -0.3 is 5.73 Å². The van der Waals surface area contributed by atoms with E-state index in [9.17, 15) is 17.6 Å². The molecule has 0 aliphatic carbocycles. The SMILES string of the molecule is Cc1cncc(N(Cc2ccc(C)c(F)c2)S(=O)(=O)c2ccccc2C(N)=O)c1. The highest BCUT2D eigenvalue weighted by Crippen LogP contribution is 2.28. The Kier molecular flexibility index (Phi) is 5.65. The van der Waals surface area contributed by atoms with E-state index >= 15 is 0 Å². The maximum absolute atomic E-state index is 14.0. The van der Waals surface area contributed by atoms with Gasteiger partial charge in [0.05, 0.1) is 24.0 Å². The summed E-state index contributed by atoms with van der Waals surface area (Å²) in [6.07, 6.45) is 3.00. The second-order valence-corrected chi connectivity index (χ2v) is 8.51. The second kappa shape index (κ2) is 8.00. The number of hydrogen-bond donors (Lipinski definition) is 1. The van der Waals surface area contributed by atoms with Crippen molar-refractivity contribution in [2.75, 3.05) is 4.31 Å². The van der Waals surface area contributed by atoms with Crippen molar-refractivity contribution in [3.63, 3.8) is 0 Å². The van der Waals surface area contributed by atoms with Gasteiger partial charge in [-0.2, -0.15) is 0 Å². The van der Waals surface area contributed by atoms with Gasteiger partial charge in [-0.3, -0.25) is 14.1 Å². The van der Waals surface area contributed by atoms with Crippen LogP contribution in [0.25, 0.3) is 0 Å². The molecule has 0 aliphatic heterocycles. The number of amides is 1. The monoisotopic (exact) mass is 413 g/mol. The minimum atomic E-state index is -4.20. The fraction of sp³-hybridized carbons (Fsp3) is 0.143. The van der Waals surface area contributed by atoms with Crippen molar-refractivity contribution in [2.24, 2.45) is 5.73 Å². The number of carbonyl (C=O) groups is 1. The minimum Gasteiger partial charge on any atom is -0.366 e. The molecule has 3 rings (SSSR count). The standard InChI is InChI=1S/C21H20FN3O3S/c1-14-9-17(12-24-11-14)25(13-16-8-7-15(2)19(22)10-16)29(27,28)20-6-4-3-5-18(20)21(23)26/h3-12H,13H2,1-2H3,(H2,23,26). The van der Waals surface area contributed by atoms with E-state index in [0.717, 1.165) is 9.87 Å². The number of pyridine rings is 1. The van der Waals surface area contributed by atoms with E-state index in [1.165, 1.54) is 36.5 Å². The first kappa shape index (κ1) is 20.5. The third-order valence-electron chi connectivity index (χ3n) is 4.43. The van der Waals surface area contributed by atoms with E-state index in [2.05, 4.69) is 4.98 Å². The van der Waals surface area contributed by atoms with Crippen molar-refractivity contribution < 1.29 is 17.6 Å². The van der Waals surface area contributed by atoms with Crippen LogP contribution in [0.1, 0.15) is 27.0 Å². The lowest BCUT2D eigenvalue weighted by molar-refractivity contribution is 0.0997. The van der Waals surface area contributed by atoms with Gasteiger partial charge >= 0.3 is 0 Å². The zero-order valence-electron chi connectivity index (χ0n) is 16.0. The van der Waals surface area contributed by atoms with Gasteiger partial charge in [-0.15, -0.1) is 0 Å². The number of nitrogens with zero attached hydrogens (tertiary/aromatic N) is 2. The summed E-state index contributed by atoms with van der Waals surface area (Å²) in [6.45, 7) is 3.27. The first-order valence-corrected chi connectivity index (χ1v) is 10.2. The smallest absolute Gasteiger partial charge is 0.265 e. The number of nitrogens with two attached hydrogens (primary N) is 1. The second-order valence-electron chi connectivity index (χ2n) is 6.68. The third-order valence-corrected chi connectivity index (χ3v) is 6.26. The highest BCUT2D eigenvalue weighted by atomic mass is 32.2. The Labute approximate surface area is 168 Å². The summed E-state index contributed by atoms with van der Waals surface area (Å²) >= 11 is 0. The number of rotatable bonds is 6. The maximum Gasteiger partial charge on any atom is 0.265 e. The quantitative estimate of drug-likeness (QED) is 0.671. The number of aromatic nitrogens is 1. The molecule has 2 aromatic carbocycles. The zero-order valence-corrected chi connectivity index (χ0v) is 16.8. The van der Waals surface area contributed by atoms with E-state index in [4.69, 9.17) is 5.73 Å². The van der Waals surface area contributed by atoms with Gasteiger partial charge in [0, 0.05) is 6.20 Å². The molecule has 8 heteroatoms. The highest BCUT2D eigenvalue weighted by Gasteiger charge is 2.29. The Balaban J connectivity index is 2.17.